The van der Waals surface area contributed by atoms with E-state index in [1.807, 2.05) is 0 Å². The molecule has 1 unspecified atom stereocenters. The van der Waals surface area contributed by atoms with E-state index in [0.29, 0.717) is 6.42 Å². The minimum atomic E-state index is 0.0479. The van der Waals surface area contributed by atoms with Crippen molar-refractivity contribution in [3.05, 3.63) is 64.5 Å². The summed E-state index contributed by atoms with van der Waals surface area (Å²) in [6, 6.07) is 8.47. The molecule has 1 atom stereocenters. The molecule has 0 radical (unpaired) electrons. The second-order valence-electron chi connectivity index (χ2n) is 5.03. The van der Waals surface area contributed by atoms with E-state index in [1.54, 1.807) is 6.08 Å². The van der Waals surface area contributed by atoms with Gasteiger partial charge in [-0.2, -0.15) is 0 Å². The molecule has 0 nitrogen and oxygen atoms in total. The van der Waals surface area contributed by atoms with Gasteiger partial charge in [-0.15, -0.1) is 0 Å². The van der Waals surface area contributed by atoms with E-state index in [9.17, 15) is 4.39 Å². The third-order valence-electron chi connectivity index (χ3n) is 4.10. The number of hydrogen-bond acceptors (Lipinski definition) is 0. The van der Waals surface area contributed by atoms with Gasteiger partial charge in [0.1, 0.15) is 5.83 Å². The van der Waals surface area contributed by atoms with Gasteiger partial charge in [0.05, 0.1) is 0 Å². The van der Waals surface area contributed by atoms with E-state index in [-0.39, 0.29) is 11.7 Å². The predicted octanol–water partition coefficient (Wildman–Crippen LogP) is 4.51. The Balaban J connectivity index is 2.03. The van der Waals surface area contributed by atoms with E-state index >= 15 is 0 Å². The Morgan fingerprint density at radius 1 is 1.18 bits per heavy atom. The maximum atomic E-state index is 13.7. The zero-order valence-electron chi connectivity index (χ0n) is 9.54. The Hall–Kier alpha value is -1.63. The first kappa shape index (κ1) is 9.41. The molecule has 0 spiro atoms. The summed E-state index contributed by atoms with van der Waals surface area (Å²) in [7, 11) is 0. The van der Waals surface area contributed by atoms with Crippen LogP contribution in [0, 0.1) is 0 Å². The van der Waals surface area contributed by atoms with Gasteiger partial charge in [-0.05, 0) is 46.8 Å². The predicted molar refractivity (Wildman–Crippen MR) is 67.2 cm³/mol. The molecule has 0 bridgehead atoms. The second-order valence-corrected chi connectivity index (χ2v) is 5.03. The van der Waals surface area contributed by atoms with Crippen molar-refractivity contribution >= 4 is 5.57 Å². The minimum Gasteiger partial charge on any atom is -0.212 e. The largest absolute Gasteiger partial charge is 0.212 e. The highest BCUT2D eigenvalue weighted by Crippen LogP contribution is 2.54. The minimum absolute atomic E-state index is 0.0479. The van der Waals surface area contributed by atoms with Gasteiger partial charge in [-0.3, -0.25) is 0 Å². The van der Waals surface area contributed by atoms with Crippen LogP contribution in [0.4, 0.5) is 4.39 Å². The molecule has 0 amide bonds. The van der Waals surface area contributed by atoms with Crippen molar-refractivity contribution in [1.29, 1.82) is 0 Å². The average molecular weight is 224 g/mol. The summed E-state index contributed by atoms with van der Waals surface area (Å²) in [5, 5.41) is 0. The van der Waals surface area contributed by atoms with Crippen LogP contribution < -0.4 is 0 Å². The van der Waals surface area contributed by atoms with Gasteiger partial charge in [0.15, 0.2) is 0 Å². The Morgan fingerprint density at radius 3 is 3.00 bits per heavy atom. The van der Waals surface area contributed by atoms with E-state index in [2.05, 4.69) is 30.3 Å². The van der Waals surface area contributed by atoms with Crippen molar-refractivity contribution in [3.8, 4) is 0 Å². The van der Waals surface area contributed by atoms with Crippen LogP contribution in [0.5, 0.6) is 0 Å². The van der Waals surface area contributed by atoms with Gasteiger partial charge < -0.3 is 0 Å². The van der Waals surface area contributed by atoms with Crippen LogP contribution in [0.3, 0.4) is 0 Å². The number of halogens is 1. The van der Waals surface area contributed by atoms with Crippen molar-refractivity contribution in [2.24, 2.45) is 0 Å². The molecule has 1 aromatic carbocycles. The second kappa shape index (κ2) is 3.19. The highest BCUT2D eigenvalue weighted by Gasteiger charge is 2.36. The van der Waals surface area contributed by atoms with Gasteiger partial charge >= 0.3 is 0 Å². The lowest BCUT2D eigenvalue weighted by molar-refractivity contribution is 0.556. The average Bonchev–Trinajstić information content (AvgIpc) is 2.67. The molecule has 17 heavy (non-hydrogen) atoms. The molecule has 0 saturated heterocycles. The third-order valence-corrected chi connectivity index (χ3v) is 4.10. The maximum absolute atomic E-state index is 13.7. The lowest BCUT2D eigenvalue weighted by Crippen LogP contribution is -2.07. The van der Waals surface area contributed by atoms with Crippen LogP contribution in [0.2, 0.25) is 0 Å². The molecule has 84 valence electrons. The van der Waals surface area contributed by atoms with Crippen molar-refractivity contribution in [2.75, 3.05) is 0 Å². The highest BCUT2D eigenvalue weighted by atomic mass is 19.1. The van der Waals surface area contributed by atoms with Gasteiger partial charge in [0.25, 0.3) is 0 Å². The summed E-state index contributed by atoms with van der Waals surface area (Å²) in [6.07, 6.45) is 6.68. The summed E-state index contributed by atoms with van der Waals surface area (Å²) in [5.41, 5.74) is 6.64. The van der Waals surface area contributed by atoms with Crippen LogP contribution in [-0.4, -0.2) is 0 Å². The Bertz CT molecular complexity index is 602. The standard InChI is InChI=1S/C16H13F/c17-11-8-10-4-3-7-14-12-5-1-2-6-13(12)15(9-11)16(10)14/h1-2,5-8,15H,3-4,9H2. The van der Waals surface area contributed by atoms with Crippen molar-refractivity contribution in [1.82, 2.24) is 0 Å². The first-order valence-corrected chi connectivity index (χ1v) is 6.23. The molecule has 0 N–H and O–H groups in total. The molecular weight excluding hydrogens is 211 g/mol. The number of allylic oxidation sites excluding steroid dienone is 6. The highest BCUT2D eigenvalue weighted by molar-refractivity contribution is 5.90. The molecule has 1 heteroatoms. The van der Waals surface area contributed by atoms with Crippen molar-refractivity contribution in [2.45, 2.75) is 25.2 Å². The monoisotopic (exact) mass is 224 g/mol. The van der Waals surface area contributed by atoms with E-state index in [0.717, 1.165) is 12.8 Å². The van der Waals surface area contributed by atoms with Crippen molar-refractivity contribution in [3.63, 3.8) is 0 Å². The van der Waals surface area contributed by atoms with E-state index in [1.165, 1.54) is 27.8 Å². The Kier molecular flexibility index (Phi) is 1.77. The lowest BCUT2D eigenvalue weighted by atomic mass is 9.81. The molecule has 0 aromatic heterocycles. The van der Waals surface area contributed by atoms with Crippen LogP contribution in [-0.2, 0) is 0 Å². The molecule has 0 aliphatic heterocycles. The van der Waals surface area contributed by atoms with Crippen LogP contribution in [0.15, 0.2) is 53.4 Å². The molecule has 4 rings (SSSR count). The molecule has 3 aliphatic carbocycles. The van der Waals surface area contributed by atoms with E-state index < -0.39 is 0 Å². The molecule has 0 fully saturated rings. The molecule has 1 aromatic rings. The fourth-order valence-electron chi connectivity index (χ4n) is 3.46. The summed E-state index contributed by atoms with van der Waals surface area (Å²) in [4.78, 5) is 0. The van der Waals surface area contributed by atoms with Crippen LogP contribution >= 0.6 is 0 Å². The summed E-state index contributed by atoms with van der Waals surface area (Å²) >= 11 is 0. The first-order chi connectivity index (χ1) is 8.34. The van der Waals surface area contributed by atoms with Gasteiger partial charge in [-0.1, -0.05) is 30.3 Å². The van der Waals surface area contributed by atoms with Crippen LogP contribution in [0.1, 0.15) is 36.3 Å². The number of benzene rings is 1. The molecule has 0 heterocycles. The molecule has 0 saturated carbocycles. The van der Waals surface area contributed by atoms with Gasteiger partial charge in [0, 0.05) is 12.3 Å². The molecule has 3 aliphatic rings. The fraction of sp³-hybridized carbons (Fsp3) is 0.250. The SMILES string of the molecule is FC1=CC2=C3C(=CCC2)c2ccccc2C3C1. The Morgan fingerprint density at radius 2 is 2.06 bits per heavy atom. The zero-order valence-corrected chi connectivity index (χ0v) is 9.54. The lowest BCUT2D eigenvalue weighted by Gasteiger charge is -2.24. The number of rotatable bonds is 0. The topological polar surface area (TPSA) is 0 Å². The summed E-state index contributed by atoms with van der Waals surface area (Å²) < 4.78 is 13.7. The first-order valence-electron chi connectivity index (χ1n) is 6.23. The number of fused-ring (bicyclic) bond motifs is 3. The van der Waals surface area contributed by atoms with Crippen LogP contribution in [0.25, 0.3) is 5.57 Å². The fourth-order valence-corrected chi connectivity index (χ4v) is 3.46. The Labute approximate surface area is 100 Å². The quantitative estimate of drug-likeness (QED) is 0.608. The number of hydrogen-bond donors (Lipinski definition) is 0. The summed E-state index contributed by atoms with van der Waals surface area (Å²) in [5.74, 6) is 0.324. The smallest absolute Gasteiger partial charge is 0.101 e. The third kappa shape index (κ3) is 1.17. The van der Waals surface area contributed by atoms with Crippen molar-refractivity contribution < 1.29 is 4.39 Å². The zero-order chi connectivity index (χ0) is 11.4. The van der Waals surface area contributed by atoms with E-state index in [4.69, 9.17) is 0 Å². The molecular formula is C16H13F. The maximum Gasteiger partial charge on any atom is 0.101 e. The normalized spacial score (nSPS) is 25.1. The summed E-state index contributed by atoms with van der Waals surface area (Å²) in [6.45, 7) is 0. The van der Waals surface area contributed by atoms with Gasteiger partial charge in [0.2, 0.25) is 0 Å². The van der Waals surface area contributed by atoms with Gasteiger partial charge in [-0.25, -0.2) is 4.39 Å².